The van der Waals surface area contributed by atoms with Crippen molar-refractivity contribution >= 4 is 16.8 Å². The molecule has 3 rings (SSSR count). The van der Waals surface area contributed by atoms with Crippen LogP contribution in [0.3, 0.4) is 0 Å². The number of aromatic amines is 1. The maximum atomic E-state index is 13.3. The van der Waals surface area contributed by atoms with Crippen molar-refractivity contribution in [2.45, 2.75) is 32.9 Å². The molecule has 0 fully saturated rings. The van der Waals surface area contributed by atoms with Gasteiger partial charge in [-0.2, -0.15) is 0 Å². The molecule has 1 aromatic carbocycles. The second-order valence-electron chi connectivity index (χ2n) is 6.21. The third-order valence-corrected chi connectivity index (χ3v) is 4.28. The summed E-state index contributed by atoms with van der Waals surface area (Å²) in [6, 6.07) is 6.55. The molecular formula is C18H21FN4O. The SMILES string of the molecule is Cc1nccn1C(C)CC(=O)N(C)Cc1cc2cc(F)ccc2[nH]1. The van der Waals surface area contributed by atoms with E-state index in [1.165, 1.54) is 12.1 Å². The van der Waals surface area contributed by atoms with Crippen molar-refractivity contribution in [3.63, 3.8) is 0 Å². The Hall–Kier alpha value is -2.63. The maximum Gasteiger partial charge on any atom is 0.224 e. The molecule has 3 aromatic rings. The molecule has 2 aromatic heterocycles. The normalized spacial score (nSPS) is 12.5. The van der Waals surface area contributed by atoms with E-state index in [0.29, 0.717) is 13.0 Å². The van der Waals surface area contributed by atoms with E-state index in [1.807, 2.05) is 30.7 Å². The Morgan fingerprint density at radius 3 is 2.92 bits per heavy atom. The first-order valence-corrected chi connectivity index (χ1v) is 7.94. The molecule has 0 spiro atoms. The van der Waals surface area contributed by atoms with Gasteiger partial charge in [0.25, 0.3) is 0 Å². The molecule has 0 aliphatic carbocycles. The number of halogens is 1. The highest BCUT2D eigenvalue weighted by molar-refractivity contribution is 5.81. The average Bonchev–Trinajstić information content (AvgIpc) is 3.12. The highest BCUT2D eigenvalue weighted by Crippen LogP contribution is 2.19. The van der Waals surface area contributed by atoms with E-state index in [2.05, 4.69) is 9.97 Å². The fourth-order valence-electron chi connectivity index (χ4n) is 2.95. The first-order chi connectivity index (χ1) is 11.4. The van der Waals surface area contributed by atoms with E-state index in [0.717, 1.165) is 22.4 Å². The van der Waals surface area contributed by atoms with Crippen LogP contribution in [0.1, 0.15) is 30.9 Å². The first-order valence-electron chi connectivity index (χ1n) is 7.94. The topological polar surface area (TPSA) is 53.9 Å². The summed E-state index contributed by atoms with van der Waals surface area (Å²) in [6.07, 6.45) is 4.03. The Bertz CT molecular complexity index is 867. The highest BCUT2D eigenvalue weighted by atomic mass is 19.1. The molecule has 2 heterocycles. The molecule has 1 unspecified atom stereocenters. The molecule has 0 aliphatic heterocycles. The number of rotatable bonds is 5. The van der Waals surface area contributed by atoms with Gasteiger partial charge in [-0.15, -0.1) is 0 Å². The molecular weight excluding hydrogens is 307 g/mol. The lowest BCUT2D eigenvalue weighted by Gasteiger charge is -2.20. The van der Waals surface area contributed by atoms with E-state index >= 15 is 0 Å². The smallest absolute Gasteiger partial charge is 0.224 e. The fraction of sp³-hybridized carbons (Fsp3) is 0.333. The summed E-state index contributed by atoms with van der Waals surface area (Å²) in [5, 5.41) is 0.813. The van der Waals surface area contributed by atoms with E-state index in [-0.39, 0.29) is 17.8 Å². The van der Waals surface area contributed by atoms with Crippen LogP contribution >= 0.6 is 0 Å². The predicted molar refractivity (Wildman–Crippen MR) is 91.0 cm³/mol. The molecule has 0 bridgehead atoms. The van der Waals surface area contributed by atoms with Crippen molar-refractivity contribution in [1.29, 1.82) is 0 Å². The van der Waals surface area contributed by atoms with Gasteiger partial charge in [0, 0.05) is 48.5 Å². The van der Waals surface area contributed by atoms with Gasteiger partial charge in [0.15, 0.2) is 0 Å². The number of carbonyl (C=O) groups excluding carboxylic acids is 1. The fourth-order valence-corrected chi connectivity index (χ4v) is 2.95. The second kappa shape index (κ2) is 6.47. The number of nitrogens with zero attached hydrogens (tertiary/aromatic N) is 3. The number of aryl methyl sites for hydroxylation is 1. The van der Waals surface area contributed by atoms with Crippen LogP contribution in [-0.2, 0) is 11.3 Å². The van der Waals surface area contributed by atoms with Crippen LogP contribution < -0.4 is 0 Å². The Labute approximate surface area is 140 Å². The predicted octanol–water partition coefficient (Wildman–Crippen LogP) is 3.42. The number of fused-ring (bicyclic) bond motifs is 1. The van der Waals surface area contributed by atoms with Crippen molar-refractivity contribution < 1.29 is 9.18 Å². The zero-order chi connectivity index (χ0) is 17.3. The molecule has 1 atom stereocenters. The molecule has 24 heavy (non-hydrogen) atoms. The molecule has 0 saturated heterocycles. The van der Waals surface area contributed by atoms with E-state index in [4.69, 9.17) is 0 Å². The Morgan fingerprint density at radius 2 is 2.21 bits per heavy atom. The number of nitrogens with one attached hydrogen (secondary N) is 1. The summed E-state index contributed by atoms with van der Waals surface area (Å²) in [5.74, 6) is 0.693. The van der Waals surface area contributed by atoms with Crippen molar-refractivity contribution in [2.75, 3.05) is 7.05 Å². The van der Waals surface area contributed by atoms with Gasteiger partial charge in [-0.1, -0.05) is 0 Å². The lowest BCUT2D eigenvalue weighted by atomic mass is 10.2. The molecule has 0 aliphatic rings. The van der Waals surface area contributed by atoms with Crippen molar-refractivity contribution in [3.05, 3.63) is 54.0 Å². The molecule has 6 heteroatoms. The number of imidazole rings is 1. The highest BCUT2D eigenvalue weighted by Gasteiger charge is 2.16. The maximum absolute atomic E-state index is 13.3. The zero-order valence-electron chi connectivity index (χ0n) is 14.1. The van der Waals surface area contributed by atoms with Crippen molar-refractivity contribution in [2.24, 2.45) is 0 Å². The quantitative estimate of drug-likeness (QED) is 0.780. The first kappa shape index (κ1) is 16.2. The van der Waals surface area contributed by atoms with Gasteiger partial charge in [0.05, 0.1) is 6.54 Å². The summed E-state index contributed by atoms with van der Waals surface area (Å²) < 4.78 is 15.3. The van der Waals surface area contributed by atoms with Crippen molar-refractivity contribution in [3.8, 4) is 0 Å². The monoisotopic (exact) mass is 328 g/mol. The van der Waals surface area contributed by atoms with Crippen LogP contribution in [0, 0.1) is 12.7 Å². The van der Waals surface area contributed by atoms with E-state index in [9.17, 15) is 9.18 Å². The van der Waals surface area contributed by atoms with Gasteiger partial charge < -0.3 is 14.5 Å². The lowest BCUT2D eigenvalue weighted by molar-refractivity contribution is -0.131. The molecule has 126 valence electrons. The lowest BCUT2D eigenvalue weighted by Crippen LogP contribution is -2.28. The number of amides is 1. The number of benzene rings is 1. The molecule has 0 saturated carbocycles. The summed E-state index contributed by atoms with van der Waals surface area (Å²) in [5.41, 5.74) is 1.76. The van der Waals surface area contributed by atoms with Gasteiger partial charge in [-0.3, -0.25) is 4.79 Å². The van der Waals surface area contributed by atoms with Gasteiger partial charge in [-0.05, 0) is 38.1 Å². The third-order valence-electron chi connectivity index (χ3n) is 4.28. The van der Waals surface area contributed by atoms with E-state index < -0.39 is 0 Å². The van der Waals surface area contributed by atoms with Crippen molar-refractivity contribution in [1.82, 2.24) is 19.4 Å². The summed E-state index contributed by atoms with van der Waals surface area (Å²) >= 11 is 0. The van der Waals surface area contributed by atoms with E-state index in [1.54, 1.807) is 24.2 Å². The van der Waals surface area contributed by atoms with Crippen LogP contribution in [-0.4, -0.2) is 32.4 Å². The second-order valence-corrected chi connectivity index (χ2v) is 6.21. The van der Waals surface area contributed by atoms with Crippen LogP contribution in [0.4, 0.5) is 4.39 Å². The number of hydrogen-bond acceptors (Lipinski definition) is 2. The minimum Gasteiger partial charge on any atom is -0.357 e. The summed E-state index contributed by atoms with van der Waals surface area (Å²) in [4.78, 5) is 21.6. The number of hydrogen-bond donors (Lipinski definition) is 1. The average molecular weight is 328 g/mol. The molecule has 1 N–H and O–H groups in total. The number of carbonyl (C=O) groups is 1. The summed E-state index contributed by atoms with van der Waals surface area (Å²) in [7, 11) is 1.78. The van der Waals surface area contributed by atoms with Crippen LogP contribution in [0.15, 0.2) is 36.7 Å². The standard InChI is InChI=1S/C18H21FN4O/c1-12(23-7-6-20-13(23)2)8-18(24)22(3)11-16-10-14-9-15(19)4-5-17(14)21-16/h4-7,9-10,12,21H,8,11H2,1-3H3. The van der Waals surface area contributed by atoms with Gasteiger partial charge in [0.2, 0.25) is 5.91 Å². The van der Waals surface area contributed by atoms with Gasteiger partial charge >= 0.3 is 0 Å². The van der Waals surface area contributed by atoms with Crippen LogP contribution in [0.25, 0.3) is 10.9 Å². The molecule has 1 amide bonds. The Balaban J connectivity index is 1.65. The van der Waals surface area contributed by atoms with Crippen LogP contribution in [0.5, 0.6) is 0 Å². The van der Waals surface area contributed by atoms with Gasteiger partial charge in [-0.25, -0.2) is 9.37 Å². The Morgan fingerprint density at radius 1 is 1.42 bits per heavy atom. The third kappa shape index (κ3) is 3.32. The molecule has 0 radical (unpaired) electrons. The summed E-state index contributed by atoms with van der Waals surface area (Å²) in [6.45, 7) is 4.39. The molecule has 5 nitrogen and oxygen atoms in total. The number of aromatic nitrogens is 3. The minimum absolute atomic E-state index is 0.0549. The van der Waals surface area contributed by atoms with Gasteiger partial charge in [0.1, 0.15) is 11.6 Å². The Kier molecular flexibility index (Phi) is 4.38. The minimum atomic E-state index is -0.262. The van der Waals surface area contributed by atoms with Crippen LogP contribution in [0.2, 0.25) is 0 Å². The largest absolute Gasteiger partial charge is 0.357 e. The zero-order valence-corrected chi connectivity index (χ0v) is 14.1. The number of H-pyrrole nitrogens is 1.